The maximum absolute atomic E-state index is 12.2. The predicted octanol–water partition coefficient (Wildman–Crippen LogP) is 2.87. The Balaban J connectivity index is 2.85. The molecular formula is C19H26N2O7. The van der Waals surface area contributed by atoms with Gasteiger partial charge in [-0.15, -0.1) is 0 Å². The number of nitrogens with zero attached hydrogens (tertiary/aromatic N) is 1. The molecule has 0 aliphatic heterocycles. The van der Waals surface area contributed by atoms with E-state index in [1.807, 2.05) is 34.6 Å². The maximum Gasteiger partial charge on any atom is 0.338 e. The minimum Gasteiger partial charge on any atom is -0.465 e. The van der Waals surface area contributed by atoms with Crippen LogP contribution >= 0.6 is 0 Å². The first-order chi connectivity index (χ1) is 12.7. The fraction of sp³-hybridized carbons (Fsp3) is 0.526. The Morgan fingerprint density at radius 3 is 2.04 bits per heavy atom. The summed E-state index contributed by atoms with van der Waals surface area (Å²) in [6.45, 7) is 9.30. The summed E-state index contributed by atoms with van der Waals surface area (Å²) in [4.78, 5) is 46.2. The van der Waals surface area contributed by atoms with Crippen LogP contribution in [0.3, 0.4) is 0 Å². The van der Waals surface area contributed by atoms with Crippen LogP contribution in [-0.4, -0.2) is 42.0 Å². The molecule has 0 unspecified atom stereocenters. The molecular weight excluding hydrogens is 368 g/mol. The number of nitrogens with one attached hydrogen (secondary N) is 1. The molecule has 0 saturated carbocycles. The quantitative estimate of drug-likeness (QED) is 0.428. The number of hydrogen-bond acceptors (Lipinski definition) is 7. The third-order valence-electron chi connectivity index (χ3n) is 3.57. The van der Waals surface area contributed by atoms with E-state index in [0.717, 1.165) is 25.3 Å². The molecule has 1 aromatic rings. The highest BCUT2D eigenvalue weighted by Gasteiger charge is 2.27. The second-order valence-corrected chi connectivity index (χ2v) is 8.26. The van der Waals surface area contributed by atoms with Crippen LogP contribution in [0, 0.1) is 15.5 Å². The summed E-state index contributed by atoms with van der Waals surface area (Å²) >= 11 is 0. The molecule has 0 bridgehead atoms. The van der Waals surface area contributed by atoms with Crippen molar-refractivity contribution in [3.05, 3.63) is 39.4 Å². The van der Waals surface area contributed by atoms with Crippen molar-refractivity contribution < 1.29 is 28.8 Å². The van der Waals surface area contributed by atoms with Crippen LogP contribution in [-0.2, 0) is 14.3 Å². The minimum atomic E-state index is -0.961. The van der Waals surface area contributed by atoms with Crippen LogP contribution in [0.25, 0.3) is 0 Å². The van der Waals surface area contributed by atoms with Gasteiger partial charge in [-0.05, 0) is 31.7 Å². The molecule has 0 heterocycles. The van der Waals surface area contributed by atoms with Crippen molar-refractivity contribution in [2.24, 2.45) is 5.41 Å². The van der Waals surface area contributed by atoms with Gasteiger partial charge in [0.05, 0.1) is 23.2 Å². The number of ether oxygens (including phenoxy) is 2. The van der Waals surface area contributed by atoms with E-state index in [1.165, 1.54) is 0 Å². The first-order valence-electron chi connectivity index (χ1n) is 8.60. The smallest absolute Gasteiger partial charge is 0.338 e. The molecule has 0 aliphatic carbocycles. The number of hydrogen-bond donors (Lipinski definition) is 1. The van der Waals surface area contributed by atoms with E-state index in [0.29, 0.717) is 6.42 Å². The number of non-ortho nitro benzene ring substituents is 1. The number of rotatable bonds is 7. The number of amides is 1. The van der Waals surface area contributed by atoms with Gasteiger partial charge in [0.2, 0.25) is 0 Å². The van der Waals surface area contributed by atoms with Crippen molar-refractivity contribution in [1.82, 2.24) is 5.32 Å². The van der Waals surface area contributed by atoms with Crippen LogP contribution < -0.4 is 5.32 Å². The lowest BCUT2D eigenvalue weighted by Crippen LogP contribution is -2.47. The molecule has 9 nitrogen and oxygen atoms in total. The Morgan fingerprint density at radius 1 is 1.04 bits per heavy atom. The zero-order valence-corrected chi connectivity index (χ0v) is 17.0. The molecule has 9 heteroatoms. The average molecular weight is 394 g/mol. The summed E-state index contributed by atoms with van der Waals surface area (Å²) in [6, 6.07) is 3.07. The van der Waals surface area contributed by atoms with E-state index in [9.17, 15) is 24.5 Å². The number of carbonyl (C=O) groups is 3. The highest BCUT2D eigenvalue weighted by molar-refractivity contribution is 5.97. The molecule has 1 aromatic carbocycles. The lowest BCUT2D eigenvalue weighted by atomic mass is 9.82. The Morgan fingerprint density at radius 2 is 1.57 bits per heavy atom. The van der Waals surface area contributed by atoms with Gasteiger partial charge in [0.15, 0.2) is 6.61 Å². The van der Waals surface area contributed by atoms with Crippen molar-refractivity contribution in [2.45, 2.75) is 46.6 Å². The van der Waals surface area contributed by atoms with E-state index in [2.05, 4.69) is 10.1 Å². The highest BCUT2D eigenvalue weighted by Crippen LogP contribution is 2.26. The van der Waals surface area contributed by atoms with E-state index >= 15 is 0 Å². The number of methoxy groups -OCH3 is 1. The summed E-state index contributed by atoms with van der Waals surface area (Å²) < 4.78 is 9.46. The third kappa shape index (κ3) is 7.34. The fourth-order valence-corrected chi connectivity index (χ4v) is 3.07. The van der Waals surface area contributed by atoms with Gasteiger partial charge in [-0.25, -0.2) is 9.59 Å². The van der Waals surface area contributed by atoms with Gasteiger partial charge >= 0.3 is 11.9 Å². The van der Waals surface area contributed by atoms with E-state index in [1.54, 1.807) is 0 Å². The second kappa shape index (κ2) is 8.81. The van der Waals surface area contributed by atoms with Crippen molar-refractivity contribution in [3.63, 3.8) is 0 Å². The lowest BCUT2D eigenvalue weighted by Gasteiger charge is -2.33. The second-order valence-electron chi connectivity index (χ2n) is 8.26. The Kier molecular flexibility index (Phi) is 7.26. The van der Waals surface area contributed by atoms with Gasteiger partial charge < -0.3 is 14.8 Å². The van der Waals surface area contributed by atoms with Crippen LogP contribution in [0.2, 0.25) is 0 Å². The highest BCUT2D eigenvalue weighted by atomic mass is 16.6. The molecule has 1 rings (SSSR count). The van der Waals surface area contributed by atoms with Crippen LogP contribution in [0.4, 0.5) is 5.69 Å². The van der Waals surface area contributed by atoms with Gasteiger partial charge in [0.25, 0.3) is 11.6 Å². The predicted molar refractivity (Wildman–Crippen MR) is 101 cm³/mol. The molecule has 1 N–H and O–H groups in total. The number of carbonyl (C=O) groups excluding carboxylic acids is 3. The van der Waals surface area contributed by atoms with Crippen molar-refractivity contribution >= 4 is 23.5 Å². The molecule has 0 spiro atoms. The first kappa shape index (κ1) is 23.1. The van der Waals surface area contributed by atoms with Crippen LogP contribution in [0.15, 0.2) is 18.2 Å². The standard InChI is InChI=1S/C19H26N2O7/c1-18(2,3)11-19(4,5)20-15(22)10-28-17(24)13-7-12(16(23)27-6)8-14(9-13)21(25)26/h7-9H,10-11H2,1-6H3,(H,20,22). The Labute approximate surface area is 163 Å². The van der Waals surface area contributed by atoms with Gasteiger partial charge in [-0.2, -0.15) is 0 Å². The first-order valence-corrected chi connectivity index (χ1v) is 8.60. The number of esters is 2. The maximum atomic E-state index is 12.2. The Hall–Kier alpha value is -2.97. The van der Waals surface area contributed by atoms with Crippen LogP contribution in [0.1, 0.15) is 61.8 Å². The molecule has 0 radical (unpaired) electrons. The zero-order valence-electron chi connectivity index (χ0n) is 17.0. The van der Waals surface area contributed by atoms with E-state index in [-0.39, 0.29) is 16.5 Å². The molecule has 28 heavy (non-hydrogen) atoms. The van der Waals surface area contributed by atoms with Crippen molar-refractivity contribution in [2.75, 3.05) is 13.7 Å². The summed E-state index contributed by atoms with van der Waals surface area (Å²) in [7, 11) is 1.11. The average Bonchev–Trinajstić information content (AvgIpc) is 2.55. The summed E-state index contributed by atoms with van der Waals surface area (Å²) in [5.74, 6) is -2.29. The van der Waals surface area contributed by atoms with Crippen molar-refractivity contribution in [3.8, 4) is 0 Å². The largest absolute Gasteiger partial charge is 0.465 e. The summed E-state index contributed by atoms with van der Waals surface area (Å²) in [5.41, 5.74) is -1.38. The topological polar surface area (TPSA) is 125 Å². The molecule has 0 saturated heterocycles. The zero-order chi connectivity index (χ0) is 21.7. The molecule has 154 valence electrons. The minimum absolute atomic E-state index is 0.0132. The summed E-state index contributed by atoms with van der Waals surface area (Å²) in [6.07, 6.45) is 0.701. The van der Waals surface area contributed by atoms with E-state index in [4.69, 9.17) is 4.74 Å². The van der Waals surface area contributed by atoms with Crippen molar-refractivity contribution in [1.29, 1.82) is 0 Å². The fourth-order valence-electron chi connectivity index (χ4n) is 3.07. The molecule has 0 aliphatic rings. The molecule has 1 amide bonds. The molecule has 0 atom stereocenters. The third-order valence-corrected chi connectivity index (χ3v) is 3.57. The van der Waals surface area contributed by atoms with Gasteiger partial charge in [0.1, 0.15) is 0 Å². The SMILES string of the molecule is COC(=O)c1cc(C(=O)OCC(=O)NC(C)(C)CC(C)(C)C)cc([N+](=O)[O-])c1. The lowest BCUT2D eigenvalue weighted by molar-refractivity contribution is -0.384. The normalized spacial score (nSPS) is 11.5. The monoisotopic (exact) mass is 394 g/mol. The van der Waals surface area contributed by atoms with Gasteiger partial charge in [-0.3, -0.25) is 14.9 Å². The Bertz CT molecular complexity index is 779. The van der Waals surface area contributed by atoms with Crippen LogP contribution in [0.5, 0.6) is 0 Å². The summed E-state index contributed by atoms with van der Waals surface area (Å²) in [5, 5.41) is 13.8. The molecule has 0 fully saturated rings. The number of nitro groups is 1. The van der Waals surface area contributed by atoms with Gasteiger partial charge in [-0.1, -0.05) is 20.8 Å². The van der Waals surface area contributed by atoms with Gasteiger partial charge in [0, 0.05) is 17.7 Å². The van der Waals surface area contributed by atoms with E-state index < -0.39 is 40.6 Å². The number of nitro benzene ring substituents is 1. The molecule has 0 aromatic heterocycles. The number of benzene rings is 1.